The zero-order chi connectivity index (χ0) is 13.8. The Balaban J connectivity index is 2.94. The third kappa shape index (κ3) is 3.22. The summed E-state index contributed by atoms with van der Waals surface area (Å²) in [5, 5.41) is 0. The molecule has 3 heteroatoms. The predicted molar refractivity (Wildman–Crippen MR) is 90.0 cm³/mol. The molecule has 0 aromatic carbocycles. The molecule has 0 spiro atoms. The van der Waals surface area contributed by atoms with Crippen molar-refractivity contribution in [1.29, 1.82) is 0 Å². The lowest BCUT2D eigenvalue weighted by Crippen LogP contribution is -2.42. The Bertz CT molecular complexity index is 276. The van der Waals surface area contributed by atoms with Gasteiger partial charge in [-0.2, -0.15) is 11.8 Å². The fourth-order valence-electron chi connectivity index (χ4n) is 3.72. The summed E-state index contributed by atoms with van der Waals surface area (Å²) in [4.78, 5) is 5.10. The van der Waals surface area contributed by atoms with Gasteiger partial charge in [-0.05, 0) is 24.1 Å². The van der Waals surface area contributed by atoms with Crippen molar-refractivity contribution in [2.24, 2.45) is 10.9 Å². The number of nitrogens with zero attached hydrogens (tertiary/aromatic N) is 1. The van der Waals surface area contributed by atoms with Crippen LogP contribution in [-0.2, 0) is 0 Å². The van der Waals surface area contributed by atoms with Crippen molar-refractivity contribution < 1.29 is 0 Å². The van der Waals surface area contributed by atoms with Crippen LogP contribution in [0.4, 0.5) is 0 Å². The molecule has 1 aliphatic heterocycles. The topological polar surface area (TPSA) is 12.4 Å². The Labute approximate surface area is 119 Å². The van der Waals surface area contributed by atoms with Gasteiger partial charge in [0.25, 0.3) is 0 Å². The molecule has 0 aliphatic carbocycles. The molecule has 0 saturated carbocycles. The van der Waals surface area contributed by atoms with Gasteiger partial charge in [0.1, 0.15) is 0 Å². The van der Waals surface area contributed by atoms with Gasteiger partial charge in [0.05, 0.1) is 14.1 Å². The van der Waals surface area contributed by atoms with E-state index in [4.69, 9.17) is 4.99 Å². The normalized spacial score (nSPS) is 24.7. The van der Waals surface area contributed by atoms with Gasteiger partial charge in [-0.1, -0.05) is 52.8 Å². The van der Waals surface area contributed by atoms with Crippen LogP contribution in [0.25, 0.3) is 0 Å². The van der Waals surface area contributed by atoms with E-state index in [2.05, 4.69) is 40.9 Å². The molecule has 0 aromatic heterocycles. The molecule has 0 saturated heterocycles. The largest absolute Gasteiger partial charge is 0.290 e. The molecular weight excluding hydrogens is 254 g/mol. The highest BCUT2D eigenvalue weighted by atomic mass is 32.2. The van der Waals surface area contributed by atoms with Gasteiger partial charge < -0.3 is 0 Å². The first-order chi connectivity index (χ1) is 8.54. The van der Waals surface area contributed by atoms with Crippen LogP contribution in [0, 0.1) is 5.92 Å². The minimum absolute atomic E-state index is 0.624. The van der Waals surface area contributed by atoms with E-state index in [0.717, 1.165) is 11.3 Å². The van der Waals surface area contributed by atoms with E-state index in [0.29, 0.717) is 12.0 Å². The maximum atomic E-state index is 5.10. The van der Waals surface area contributed by atoms with Crippen molar-refractivity contribution in [3.63, 3.8) is 0 Å². The van der Waals surface area contributed by atoms with Gasteiger partial charge >= 0.3 is 0 Å². The molecular formula is C15H31NSSi. The predicted octanol–water partition coefficient (Wildman–Crippen LogP) is 5.10. The molecule has 1 heterocycles. The minimum Gasteiger partial charge on any atom is -0.290 e. The summed E-state index contributed by atoms with van der Waals surface area (Å²) in [6.07, 6.45) is 3.51. The van der Waals surface area contributed by atoms with Crippen LogP contribution in [-0.4, -0.2) is 31.8 Å². The van der Waals surface area contributed by atoms with Crippen molar-refractivity contribution in [2.45, 2.75) is 70.8 Å². The third-order valence-electron chi connectivity index (χ3n) is 5.09. The first-order valence-corrected chi connectivity index (χ1v) is 11.7. The average molecular weight is 286 g/mol. The summed E-state index contributed by atoms with van der Waals surface area (Å²) in [5.41, 5.74) is 2.41. The summed E-state index contributed by atoms with van der Waals surface area (Å²) < 4.78 is 0. The van der Waals surface area contributed by atoms with E-state index >= 15 is 0 Å². The van der Waals surface area contributed by atoms with E-state index in [1.165, 1.54) is 30.3 Å². The Morgan fingerprint density at radius 1 is 1.22 bits per heavy atom. The average Bonchev–Trinajstić information content (AvgIpc) is 2.78. The van der Waals surface area contributed by atoms with Gasteiger partial charge in [-0.15, -0.1) is 0 Å². The Hall–Kier alpha value is 0.237. The molecule has 106 valence electrons. The van der Waals surface area contributed by atoms with Crippen LogP contribution < -0.4 is 0 Å². The lowest BCUT2D eigenvalue weighted by atomic mass is 10.0. The molecule has 0 N–H and O–H groups in total. The first kappa shape index (κ1) is 16.3. The van der Waals surface area contributed by atoms with Gasteiger partial charge in [0.15, 0.2) is 0 Å². The number of hydrogen-bond acceptors (Lipinski definition) is 2. The van der Waals surface area contributed by atoms with Crippen molar-refractivity contribution in [2.75, 3.05) is 12.0 Å². The van der Waals surface area contributed by atoms with E-state index in [1.54, 1.807) is 0 Å². The number of thioether (sulfide) groups is 1. The fraction of sp³-hybridized carbons (Fsp3) is 0.933. The zero-order valence-corrected chi connectivity index (χ0v) is 14.9. The van der Waals surface area contributed by atoms with E-state index in [1.807, 2.05) is 11.8 Å². The maximum absolute atomic E-state index is 5.10. The van der Waals surface area contributed by atoms with Gasteiger partial charge in [0, 0.05) is 11.5 Å². The van der Waals surface area contributed by atoms with E-state index in [-0.39, 0.29) is 0 Å². The minimum atomic E-state index is -1.10. The first-order valence-electron chi connectivity index (χ1n) is 7.59. The van der Waals surface area contributed by atoms with Crippen molar-refractivity contribution in [1.82, 2.24) is 0 Å². The Morgan fingerprint density at radius 2 is 1.78 bits per heavy atom. The highest BCUT2D eigenvalue weighted by molar-refractivity contribution is 7.99. The number of hydrogen-bond donors (Lipinski definition) is 0. The summed E-state index contributed by atoms with van der Waals surface area (Å²) in [6, 6.07) is 4.95. The number of aliphatic imine (C=N–C) groups is 1. The van der Waals surface area contributed by atoms with Crippen molar-refractivity contribution >= 4 is 25.5 Å². The van der Waals surface area contributed by atoms with Gasteiger partial charge in [0.2, 0.25) is 0 Å². The Morgan fingerprint density at radius 3 is 2.17 bits per heavy atom. The highest BCUT2D eigenvalue weighted by Gasteiger charge is 2.44. The van der Waals surface area contributed by atoms with Crippen molar-refractivity contribution in [3.05, 3.63) is 0 Å². The van der Waals surface area contributed by atoms with Crippen LogP contribution in [0.2, 0.25) is 23.7 Å². The molecule has 0 aromatic rings. The molecule has 0 unspecified atom stereocenters. The fourth-order valence-corrected chi connectivity index (χ4v) is 9.17. The molecule has 0 amide bonds. The summed E-state index contributed by atoms with van der Waals surface area (Å²) in [7, 11) is -1.10. The maximum Gasteiger partial charge on any atom is 0.0586 e. The lowest BCUT2D eigenvalue weighted by molar-refractivity contribution is 0.482. The van der Waals surface area contributed by atoms with Crippen molar-refractivity contribution in [3.8, 4) is 0 Å². The smallest absolute Gasteiger partial charge is 0.0586 e. The number of rotatable bonds is 7. The molecule has 1 aliphatic rings. The summed E-state index contributed by atoms with van der Waals surface area (Å²) >= 11 is 1.93. The Kier molecular flexibility index (Phi) is 6.46. The molecule has 1 rings (SSSR count). The third-order valence-corrected chi connectivity index (χ3v) is 12.1. The van der Waals surface area contributed by atoms with Crippen LogP contribution in [0.15, 0.2) is 4.99 Å². The molecule has 1 nitrogen and oxygen atoms in total. The molecule has 0 radical (unpaired) electrons. The second-order valence-electron chi connectivity index (χ2n) is 6.10. The van der Waals surface area contributed by atoms with E-state index in [9.17, 15) is 0 Å². The van der Waals surface area contributed by atoms with Crippen LogP contribution >= 0.6 is 11.8 Å². The summed E-state index contributed by atoms with van der Waals surface area (Å²) in [6.45, 7) is 12.0. The van der Waals surface area contributed by atoms with Gasteiger partial charge in [-0.3, -0.25) is 4.99 Å². The highest BCUT2D eigenvalue weighted by Crippen LogP contribution is 2.45. The zero-order valence-electron chi connectivity index (χ0n) is 13.1. The van der Waals surface area contributed by atoms with Gasteiger partial charge in [-0.25, -0.2) is 0 Å². The molecule has 0 fully saturated rings. The molecule has 2 atom stereocenters. The quantitative estimate of drug-likeness (QED) is 0.593. The van der Waals surface area contributed by atoms with Crippen LogP contribution in [0.1, 0.15) is 41.0 Å². The molecule has 0 bridgehead atoms. The second-order valence-corrected chi connectivity index (χ2v) is 12.6. The second kappa shape index (κ2) is 7.13. The van der Waals surface area contributed by atoms with E-state index < -0.39 is 8.07 Å². The lowest BCUT2D eigenvalue weighted by Gasteiger charge is -2.39. The van der Waals surface area contributed by atoms with Crippen LogP contribution in [0.5, 0.6) is 0 Å². The van der Waals surface area contributed by atoms with Crippen LogP contribution in [0.3, 0.4) is 0 Å². The molecule has 18 heavy (non-hydrogen) atoms. The summed E-state index contributed by atoms with van der Waals surface area (Å²) in [5.74, 6) is 1.87. The SMILES string of the molecule is CC[Si](CC)(CC)[C@H]1CC(CSC)=N[C@@H]1C(C)C. The standard InChI is InChI=1S/C15H31NSSi/c1-7-18(8-2,9-3)14-10-13(11-17-6)16-15(14)12(4)5/h12,14-15H,7-11H2,1-6H3/t14-,15+/m0/s1. The monoisotopic (exact) mass is 285 g/mol.